The van der Waals surface area contributed by atoms with E-state index < -0.39 is 10.0 Å². The first-order valence-corrected chi connectivity index (χ1v) is 12.1. The van der Waals surface area contributed by atoms with Gasteiger partial charge in [-0.15, -0.1) is 0 Å². The van der Waals surface area contributed by atoms with E-state index in [-0.39, 0.29) is 11.5 Å². The molecule has 164 valence electrons. The predicted octanol–water partition coefficient (Wildman–Crippen LogP) is 2.91. The molecular weight excluding hydrogens is 388 g/mol. The summed E-state index contributed by atoms with van der Waals surface area (Å²) in [5.74, 6) is 0. The number of hydrogen-bond acceptors (Lipinski definition) is 5. The van der Waals surface area contributed by atoms with Gasteiger partial charge in [0.2, 0.25) is 10.0 Å². The van der Waals surface area contributed by atoms with Gasteiger partial charge < -0.3 is 9.47 Å². The summed E-state index contributed by atoms with van der Waals surface area (Å²) >= 11 is 0. The molecule has 6 nitrogen and oxygen atoms in total. The molecule has 0 aliphatic carbocycles. The second kappa shape index (κ2) is 9.43. The van der Waals surface area contributed by atoms with E-state index in [2.05, 4.69) is 18.7 Å². The zero-order valence-electron chi connectivity index (χ0n) is 18.3. The lowest BCUT2D eigenvalue weighted by molar-refractivity contribution is 0.0420. The molecule has 2 heterocycles. The molecule has 2 saturated heterocycles. The Balaban J connectivity index is 1.58. The van der Waals surface area contributed by atoms with Crippen LogP contribution in [0.3, 0.4) is 0 Å². The Bertz CT molecular complexity index is 773. The predicted molar refractivity (Wildman–Crippen MR) is 115 cm³/mol. The van der Waals surface area contributed by atoms with Gasteiger partial charge >= 0.3 is 0 Å². The molecule has 0 N–H and O–H groups in total. The highest BCUT2D eigenvalue weighted by Gasteiger charge is 2.44. The Morgan fingerprint density at radius 3 is 2.59 bits per heavy atom. The average molecular weight is 425 g/mol. The van der Waals surface area contributed by atoms with Gasteiger partial charge in [0.25, 0.3) is 0 Å². The minimum atomic E-state index is -3.42. The Kier molecular flexibility index (Phi) is 7.38. The van der Waals surface area contributed by atoms with Crippen molar-refractivity contribution in [3.8, 4) is 0 Å². The number of aryl methyl sites for hydroxylation is 1. The van der Waals surface area contributed by atoms with Crippen LogP contribution in [0.2, 0.25) is 0 Å². The largest absolute Gasteiger partial charge is 0.383 e. The highest BCUT2D eigenvalue weighted by molar-refractivity contribution is 7.89. The van der Waals surface area contributed by atoms with E-state index in [9.17, 15) is 8.42 Å². The molecule has 1 aromatic rings. The first kappa shape index (κ1) is 22.7. The zero-order chi connectivity index (χ0) is 21.1. The van der Waals surface area contributed by atoms with Crippen LogP contribution < -0.4 is 0 Å². The van der Waals surface area contributed by atoms with Crippen LogP contribution in [0.1, 0.15) is 38.7 Å². The third-order valence-electron chi connectivity index (χ3n) is 6.53. The van der Waals surface area contributed by atoms with Crippen molar-refractivity contribution < 1.29 is 17.9 Å². The topological polar surface area (TPSA) is 59.1 Å². The lowest BCUT2D eigenvalue weighted by Crippen LogP contribution is -2.44. The quantitative estimate of drug-likeness (QED) is 0.642. The summed E-state index contributed by atoms with van der Waals surface area (Å²) in [6.45, 7) is 10.7. The molecule has 0 radical (unpaired) electrons. The van der Waals surface area contributed by atoms with Gasteiger partial charge in [0.1, 0.15) is 0 Å². The van der Waals surface area contributed by atoms with Gasteiger partial charge in [0.15, 0.2) is 0 Å². The molecule has 0 amide bonds. The second-order valence-electron chi connectivity index (χ2n) is 8.89. The van der Waals surface area contributed by atoms with Crippen LogP contribution in [-0.4, -0.2) is 76.3 Å². The fourth-order valence-electron chi connectivity index (χ4n) is 4.58. The van der Waals surface area contributed by atoms with E-state index >= 15 is 0 Å². The van der Waals surface area contributed by atoms with Crippen molar-refractivity contribution in [3.63, 3.8) is 0 Å². The van der Waals surface area contributed by atoms with Gasteiger partial charge in [-0.25, -0.2) is 8.42 Å². The van der Waals surface area contributed by atoms with E-state index in [0.717, 1.165) is 51.1 Å². The van der Waals surface area contributed by atoms with Gasteiger partial charge in [-0.2, -0.15) is 4.31 Å². The SMILES string of the molecule is COCCN(C[C@@H]1CC2(CCN(S(=O)(=O)c3ccccc3C)CC2)CO1)C(C)C. The number of sulfonamides is 1. The van der Waals surface area contributed by atoms with Crippen LogP contribution in [0.25, 0.3) is 0 Å². The third kappa shape index (κ3) is 5.20. The summed E-state index contributed by atoms with van der Waals surface area (Å²) < 4.78 is 39.2. The number of rotatable bonds is 8. The van der Waals surface area contributed by atoms with E-state index in [1.54, 1.807) is 23.5 Å². The van der Waals surface area contributed by atoms with Crippen LogP contribution in [0.4, 0.5) is 0 Å². The Labute approximate surface area is 176 Å². The summed E-state index contributed by atoms with van der Waals surface area (Å²) in [7, 11) is -1.69. The van der Waals surface area contributed by atoms with Crippen molar-refractivity contribution >= 4 is 10.0 Å². The maximum absolute atomic E-state index is 13.1. The highest BCUT2D eigenvalue weighted by Crippen LogP contribution is 2.43. The Hall–Kier alpha value is -0.990. The number of nitrogens with zero attached hydrogens (tertiary/aromatic N) is 2. The molecule has 2 aliphatic heterocycles. The number of hydrogen-bond donors (Lipinski definition) is 0. The molecule has 2 aliphatic rings. The van der Waals surface area contributed by atoms with Crippen molar-refractivity contribution in [1.29, 1.82) is 0 Å². The maximum atomic E-state index is 13.1. The lowest BCUT2D eigenvalue weighted by atomic mass is 9.77. The number of piperidine rings is 1. The summed E-state index contributed by atoms with van der Waals surface area (Å²) in [6, 6.07) is 7.70. The molecule has 0 saturated carbocycles. The maximum Gasteiger partial charge on any atom is 0.243 e. The number of ether oxygens (including phenoxy) is 2. The molecule has 7 heteroatoms. The molecular formula is C22H36N2O4S. The monoisotopic (exact) mass is 424 g/mol. The van der Waals surface area contributed by atoms with Crippen molar-refractivity contribution in [2.24, 2.45) is 5.41 Å². The standard InChI is InChI=1S/C22H36N2O4S/c1-18(2)23(13-14-27-4)16-20-15-22(17-28-20)9-11-24(12-10-22)29(25,26)21-8-6-5-7-19(21)3/h5-8,18,20H,9-17H2,1-4H3/t20-/m0/s1. The van der Waals surface area contributed by atoms with Crippen LogP contribution >= 0.6 is 0 Å². The fourth-order valence-corrected chi connectivity index (χ4v) is 6.24. The minimum absolute atomic E-state index is 0.117. The summed E-state index contributed by atoms with van der Waals surface area (Å²) in [5, 5.41) is 0. The number of methoxy groups -OCH3 is 1. The van der Waals surface area contributed by atoms with Crippen LogP contribution in [0.5, 0.6) is 0 Å². The first-order chi connectivity index (χ1) is 13.8. The van der Waals surface area contributed by atoms with E-state index in [0.29, 0.717) is 24.0 Å². The molecule has 0 aromatic heterocycles. The third-order valence-corrected chi connectivity index (χ3v) is 8.59. The molecule has 1 spiro atoms. The van der Waals surface area contributed by atoms with Crippen LogP contribution in [-0.2, 0) is 19.5 Å². The molecule has 2 fully saturated rings. The van der Waals surface area contributed by atoms with E-state index in [4.69, 9.17) is 9.47 Å². The van der Waals surface area contributed by atoms with Gasteiger partial charge in [-0.1, -0.05) is 18.2 Å². The summed E-state index contributed by atoms with van der Waals surface area (Å²) in [4.78, 5) is 2.84. The van der Waals surface area contributed by atoms with Gasteiger partial charge in [0, 0.05) is 39.3 Å². The molecule has 29 heavy (non-hydrogen) atoms. The summed E-state index contributed by atoms with van der Waals surface area (Å²) in [6.07, 6.45) is 2.97. The van der Waals surface area contributed by atoms with Gasteiger partial charge in [0.05, 0.1) is 24.2 Å². The smallest absolute Gasteiger partial charge is 0.243 e. The van der Waals surface area contributed by atoms with Crippen molar-refractivity contribution in [2.45, 2.75) is 57.1 Å². The first-order valence-electron chi connectivity index (χ1n) is 10.7. The molecule has 3 rings (SSSR count). The molecule has 0 bridgehead atoms. The van der Waals surface area contributed by atoms with E-state index in [1.807, 2.05) is 19.1 Å². The summed E-state index contributed by atoms with van der Waals surface area (Å²) in [5.41, 5.74) is 0.925. The molecule has 1 aromatic carbocycles. The molecule has 1 atom stereocenters. The zero-order valence-corrected chi connectivity index (χ0v) is 19.1. The van der Waals surface area contributed by atoms with Crippen molar-refractivity contribution in [1.82, 2.24) is 9.21 Å². The average Bonchev–Trinajstić information content (AvgIpc) is 3.07. The number of benzene rings is 1. The van der Waals surface area contributed by atoms with Crippen LogP contribution in [0.15, 0.2) is 29.2 Å². The lowest BCUT2D eigenvalue weighted by Gasteiger charge is -2.38. The Morgan fingerprint density at radius 2 is 1.97 bits per heavy atom. The van der Waals surface area contributed by atoms with Crippen molar-refractivity contribution in [2.75, 3.05) is 46.5 Å². The normalized spacial score (nSPS) is 22.8. The second-order valence-corrected chi connectivity index (χ2v) is 10.8. The van der Waals surface area contributed by atoms with E-state index in [1.165, 1.54) is 0 Å². The van der Waals surface area contributed by atoms with Gasteiger partial charge in [-0.3, -0.25) is 4.90 Å². The molecule has 0 unspecified atom stereocenters. The fraction of sp³-hybridized carbons (Fsp3) is 0.727. The minimum Gasteiger partial charge on any atom is -0.383 e. The van der Waals surface area contributed by atoms with Gasteiger partial charge in [-0.05, 0) is 57.1 Å². The highest BCUT2D eigenvalue weighted by atomic mass is 32.2. The van der Waals surface area contributed by atoms with Crippen LogP contribution in [0, 0.1) is 12.3 Å². The van der Waals surface area contributed by atoms with Crippen molar-refractivity contribution in [3.05, 3.63) is 29.8 Å². The Morgan fingerprint density at radius 1 is 1.28 bits per heavy atom.